The van der Waals surface area contributed by atoms with E-state index < -0.39 is 6.04 Å². The minimum atomic E-state index is -0.555. The van der Waals surface area contributed by atoms with Crippen molar-refractivity contribution >= 4 is 17.7 Å². The predicted molar refractivity (Wildman–Crippen MR) is 93.0 cm³/mol. The second-order valence-electron chi connectivity index (χ2n) is 7.76. The van der Waals surface area contributed by atoms with Crippen molar-refractivity contribution in [3.8, 4) is 0 Å². The van der Waals surface area contributed by atoms with Gasteiger partial charge in [-0.3, -0.25) is 19.7 Å². The van der Waals surface area contributed by atoms with Crippen molar-refractivity contribution in [3.63, 3.8) is 0 Å². The number of nitrogens with zero attached hydrogens (tertiary/aromatic N) is 1. The Balaban J connectivity index is 1.33. The third kappa shape index (κ3) is 2.38. The standard InChI is InChI=1S/C19H22N4O3/c24-16-5-4-15(18(25)22-16)23-9-13-10(2-1-3-12(13)19(23)26)7-21-17-11-6-14(17)20-8-11/h1-3,11,14-15,17,20-21H,4-9H2,(H,22,24,25)/t11-,14-,15?,17-/m1/s1. The highest BCUT2D eigenvalue weighted by atomic mass is 16.2. The molecule has 4 heterocycles. The lowest BCUT2D eigenvalue weighted by atomic mass is 9.80. The van der Waals surface area contributed by atoms with E-state index in [1.165, 1.54) is 6.42 Å². The minimum Gasteiger partial charge on any atom is -0.322 e. The molecule has 2 bridgehead atoms. The molecule has 1 saturated carbocycles. The molecule has 1 aromatic carbocycles. The van der Waals surface area contributed by atoms with Gasteiger partial charge in [-0.05, 0) is 42.5 Å². The van der Waals surface area contributed by atoms with Gasteiger partial charge < -0.3 is 15.5 Å². The van der Waals surface area contributed by atoms with Crippen LogP contribution in [-0.2, 0) is 22.7 Å². The number of imide groups is 1. The summed E-state index contributed by atoms with van der Waals surface area (Å²) in [5, 5.41) is 9.48. The second-order valence-corrected chi connectivity index (χ2v) is 7.76. The molecule has 7 heteroatoms. The fraction of sp³-hybridized carbons (Fsp3) is 0.526. The first-order chi connectivity index (χ1) is 12.6. The first-order valence-electron chi connectivity index (χ1n) is 9.34. The Morgan fingerprint density at radius 1 is 1.23 bits per heavy atom. The lowest BCUT2D eigenvalue weighted by Crippen LogP contribution is -2.52. The average Bonchev–Trinajstić information content (AvgIpc) is 3.31. The molecule has 0 aromatic heterocycles. The van der Waals surface area contributed by atoms with E-state index in [1.807, 2.05) is 12.1 Å². The van der Waals surface area contributed by atoms with E-state index in [4.69, 9.17) is 0 Å². The highest BCUT2D eigenvalue weighted by Crippen LogP contribution is 2.35. The molecule has 1 aromatic rings. The Hall–Kier alpha value is -2.25. The van der Waals surface area contributed by atoms with E-state index in [1.54, 1.807) is 4.90 Å². The fourth-order valence-electron chi connectivity index (χ4n) is 4.83. The van der Waals surface area contributed by atoms with E-state index in [2.05, 4.69) is 22.0 Å². The van der Waals surface area contributed by atoms with Gasteiger partial charge >= 0.3 is 0 Å². The lowest BCUT2D eigenvalue weighted by molar-refractivity contribution is -0.136. The van der Waals surface area contributed by atoms with Crippen molar-refractivity contribution in [2.45, 2.75) is 50.5 Å². The molecule has 3 saturated heterocycles. The molecule has 4 aliphatic heterocycles. The van der Waals surface area contributed by atoms with Gasteiger partial charge in [-0.15, -0.1) is 0 Å². The number of piperidine rings is 1. The molecular weight excluding hydrogens is 332 g/mol. The summed E-state index contributed by atoms with van der Waals surface area (Å²) >= 11 is 0. The predicted octanol–water partition coefficient (Wildman–Crippen LogP) is -0.102. The Kier molecular flexibility index (Phi) is 3.62. The van der Waals surface area contributed by atoms with Gasteiger partial charge in [0.2, 0.25) is 11.8 Å². The zero-order valence-corrected chi connectivity index (χ0v) is 14.5. The van der Waals surface area contributed by atoms with E-state index >= 15 is 0 Å². The number of rotatable bonds is 4. The van der Waals surface area contributed by atoms with Gasteiger partial charge in [0.15, 0.2) is 0 Å². The highest BCUT2D eigenvalue weighted by Gasteiger charge is 2.46. The van der Waals surface area contributed by atoms with Gasteiger partial charge in [-0.2, -0.15) is 0 Å². The minimum absolute atomic E-state index is 0.110. The molecule has 7 nitrogen and oxygen atoms in total. The second kappa shape index (κ2) is 5.89. The van der Waals surface area contributed by atoms with Crippen molar-refractivity contribution in [2.24, 2.45) is 5.92 Å². The maximum absolute atomic E-state index is 12.8. The quantitative estimate of drug-likeness (QED) is 0.657. The number of nitrogens with one attached hydrogen (secondary N) is 3. The third-order valence-electron chi connectivity index (χ3n) is 6.35. The molecule has 136 valence electrons. The number of amides is 3. The van der Waals surface area contributed by atoms with Gasteiger partial charge in [0.1, 0.15) is 6.04 Å². The fourth-order valence-corrected chi connectivity index (χ4v) is 4.83. The summed E-state index contributed by atoms with van der Waals surface area (Å²) in [6, 6.07) is 6.35. The van der Waals surface area contributed by atoms with Crippen molar-refractivity contribution in [2.75, 3.05) is 6.54 Å². The van der Waals surface area contributed by atoms with Crippen molar-refractivity contribution in [3.05, 3.63) is 34.9 Å². The summed E-state index contributed by atoms with van der Waals surface area (Å²) in [5.74, 6) is -0.0108. The van der Waals surface area contributed by atoms with E-state index in [9.17, 15) is 14.4 Å². The van der Waals surface area contributed by atoms with E-state index in [0.717, 1.165) is 30.1 Å². The van der Waals surface area contributed by atoms with E-state index in [0.29, 0.717) is 30.6 Å². The molecule has 0 radical (unpaired) electrons. The van der Waals surface area contributed by atoms with Crippen LogP contribution in [-0.4, -0.2) is 47.3 Å². The largest absolute Gasteiger partial charge is 0.322 e. The zero-order valence-electron chi connectivity index (χ0n) is 14.5. The molecule has 1 unspecified atom stereocenters. The molecule has 3 amide bonds. The van der Waals surface area contributed by atoms with Crippen LogP contribution in [0.15, 0.2) is 18.2 Å². The molecule has 6 rings (SSSR count). The van der Waals surface area contributed by atoms with Crippen LogP contribution in [0, 0.1) is 5.92 Å². The highest BCUT2D eigenvalue weighted by molar-refractivity contribution is 6.05. The van der Waals surface area contributed by atoms with Crippen LogP contribution in [0.2, 0.25) is 0 Å². The number of hydrogen-bond acceptors (Lipinski definition) is 5. The number of carbonyl (C=O) groups is 3. The maximum Gasteiger partial charge on any atom is 0.255 e. The zero-order chi connectivity index (χ0) is 17.8. The normalized spacial score (nSPS) is 32.5. The van der Waals surface area contributed by atoms with Crippen LogP contribution >= 0.6 is 0 Å². The van der Waals surface area contributed by atoms with Crippen molar-refractivity contribution in [1.82, 2.24) is 20.9 Å². The Labute approximate surface area is 151 Å². The molecular formula is C19H22N4O3. The summed E-state index contributed by atoms with van der Waals surface area (Å²) in [5.41, 5.74) is 2.81. The van der Waals surface area contributed by atoms with Crippen LogP contribution in [0.3, 0.4) is 0 Å². The molecule has 0 spiro atoms. The smallest absolute Gasteiger partial charge is 0.255 e. The molecule has 26 heavy (non-hydrogen) atoms. The van der Waals surface area contributed by atoms with Gasteiger partial charge in [0.05, 0.1) is 0 Å². The van der Waals surface area contributed by atoms with Crippen LogP contribution in [0.5, 0.6) is 0 Å². The summed E-state index contributed by atoms with van der Waals surface area (Å²) in [6.07, 6.45) is 1.93. The Morgan fingerprint density at radius 3 is 2.85 bits per heavy atom. The Morgan fingerprint density at radius 2 is 2.12 bits per heavy atom. The van der Waals surface area contributed by atoms with Crippen molar-refractivity contribution in [1.29, 1.82) is 0 Å². The summed E-state index contributed by atoms with van der Waals surface area (Å²) in [4.78, 5) is 38.0. The summed E-state index contributed by atoms with van der Waals surface area (Å²) < 4.78 is 0. The van der Waals surface area contributed by atoms with Crippen LogP contribution in [0.4, 0.5) is 0 Å². The Bertz CT molecular complexity index is 794. The lowest BCUT2D eigenvalue weighted by Gasteiger charge is -2.35. The first-order valence-corrected chi connectivity index (χ1v) is 9.34. The molecule has 3 N–H and O–H groups in total. The maximum atomic E-state index is 12.8. The number of hydrogen-bond donors (Lipinski definition) is 3. The number of fused-ring (bicyclic) bond motifs is 2. The van der Waals surface area contributed by atoms with E-state index in [-0.39, 0.29) is 24.1 Å². The summed E-state index contributed by atoms with van der Waals surface area (Å²) in [7, 11) is 0. The van der Waals surface area contributed by atoms with Gasteiger partial charge in [-0.25, -0.2) is 0 Å². The third-order valence-corrected chi connectivity index (χ3v) is 6.35. The molecule has 4 atom stereocenters. The van der Waals surface area contributed by atoms with Crippen LogP contribution < -0.4 is 16.0 Å². The SMILES string of the molecule is O=C1CCC(N2Cc3c(CN[C@@H]4[C@H]5CN[C@@H]4C5)cccc3C2=O)C(=O)N1. The van der Waals surface area contributed by atoms with Gasteiger partial charge in [-0.1, -0.05) is 12.1 Å². The topological polar surface area (TPSA) is 90.5 Å². The molecule has 5 aliphatic rings. The van der Waals surface area contributed by atoms with Crippen molar-refractivity contribution < 1.29 is 14.4 Å². The van der Waals surface area contributed by atoms with Crippen LogP contribution in [0.1, 0.15) is 40.7 Å². The van der Waals surface area contributed by atoms with Gasteiger partial charge in [0, 0.05) is 37.2 Å². The van der Waals surface area contributed by atoms with Gasteiger partial charge in [0.25, 0.3) is 5.91 Å². The molecule has 4 fully saturated rings. The first kappa shape index (κ1) is 16.0. The van der Waals surface area contributed by atoms with Crippen LogP contribution in [0.25, 0.3) is 0 Å². The number of benzene rings is 1. The summed E-state index contributed by atoms with van der Waals surface area (Å²) in [6.45, 7) is 2.27. The molecule has 1 aliphatic carbocycles. The average molecular weight is 354 g/mol. The monoisotopic (exact) mass is 354 g/mol. The number of carbonyl (C=O) groups excluding carboxylic acids is 3.